The van der Waals surface area contributed by atoms with Crippen molar-refractivity contribution in [3.63, 3.8) is 0 Å². The van der Waals surface area contributed by atoms with Crippen LogP contribution in [0.4, 0.5) is 0 Å². The Morgan fingerprint density at radius 2 is 1.16 bits per heavy atom. The summed E-state index contributed by atoms with van der Waals surface area (Å²) in [5.74, 6) is -0.512. The fourth-order valence-corrected chi connectivity index (χ4v) is 3.34. The van der Waals surface area contributed by atoms with Crippen LogP contribution in [-0.4, -0.2) is 18.6 Å². The van der Waals surface area contributed by atoms with Crippen molar-refractivity contribution >= 4 is 0 Å². The Hall–Kier alpha value is -0.120. The summed E-state index contributed by atoms with van der Waals surface area (Å²) in [4.78, 5) is 0. The number of hydrogen-bond donors (Lipinski definition) is 1. The van der Waals surface area contributed by atoms with Crippen LogP contribution >= 0.6 is 0 Å². The molecule has 0 aliphatic rings. The Labute approximate surface area is 158 Å². The molecule has 3 heteroatoms. The van der Waals surface area contributed by atoms with Crippen molar-refractivity contribution < 1.29 is 9.47 Å². The van der Waals surface area contributed by atoms with Crippen LogP contribution in [-0.2, 0) is 9.47 Å². The molecule has 152 valence electrons. The average molecular weight is 358 g/mol. The van der Waals surface area contributed by atoms with Gasteiger partial charge in [-0.15, -0.1) is 0 Å². The van der Waals surface area contributed by atoms with E-state index in [1.807, 2.05) is 20.8 Å². The second-order valence-electron chi connectivity index (χ2n) is 7.62. The fourth-order valence-electron chi connectivity index (χ4n) is 3.34. The van der Waals surface area contributed by atoms with Crippen molar-refractivity contribution in [3.05, 3.63) is 0 Å². The molecule has 0 heterocycles. The van der Waals surface area contributed by atoms with Crippen molar-refractivity contribution in [2.24, 2.45) is 5.73 Å². The van der Waals surface area contributed by atoms with E-state index in [9.17, 15) is 0 Å². The van der Waals surface area contributed by atoms with Gasteiger partial charge in [0.25, 0.3) is 0 Å². The molecule has 2 N–H and O–H groups in total. The van der Waals surface area contributed by atoms with Gasteiger partial charge < -0.3 is 15.2 Å². The van der Waals surface area contributed by atoms with E-state index in [4.69, 9.17) is 15.2 Å². The van der Waals surface area contributed by atoms with Crippen LogP contribution in [0.2, 0.25) is 0 Å². The average Bonchev–Trinajstić information content (AvgIpc) is 2.59. The third-order valence-corrected chi connectivity index (χ3v) is 4.99. The maximum absolute atomic E-state index is 5.93. The zero-order valence-electron chi connectivity index (χ0n) is 17.8. The second-order valence-corrected chi connectivity index (χ2v) is 7.62. The molecule has 2 atom stereocenters. The summed E-state index contributed by atoms with van der Waals surface area (Å²) < 4.78 is 11.7. The van der Waals surface area contributed by atoms with Gasteiger partial charge in [-0.1, -0.05) is 90.9 Å². The van der Waals surface area contributed by atoms with E-state index in [-0.39, 0.29) is 6.23 Å². The highest BCUT2D eigenvalue weighted by Crippen LogP contribution is 2.23. The Morgan fingerprint density at radius 3 is 1.56 bits per heavy atom. The predicted octanol–water partition coefficient (Wildman–Crippen LogP) is 6.93. The highest BCUT2D eigenvalue weighted by molar-refractivity contribution is 4.65. The second kappa shape index (κ2) is 17.3. The molecule has 2 unspecified atom stereocenters. The molecule has 0 aliphatic carbocycles. The van der Waals surface area contributed by atoms with Gasteiger partial charge in [-0.25, -0.2) is 0 Å². The molecule has 0 aromatic rings. The highest BCUT2D eigenvalue weighted by Gasteiger charge is 2.27. The van der Waals surface area contributed by atoms with Gasteiger partial charge in [0.05, 0.1) is 0 Å². The molecule has 0 spiro atoms. The molecule has 0 rings (SSSR count). The van der Waals surface area contributed by atoms with Gasteiger partial charge in [0, 0.05) is 13.0 Å². The van der Waals surface area contributed by atoms with Gasteiger partial charge in [0.2, 0.25) is 0 Å². The Balaban J connectivity index is 3.51. The van der Waals surface area contributed by atoms with E-state index in [2.05, 4.69) is 6.92 Å². The SMILES string of the molecule is CCCCCCCCCCCCCCCC(C)(OCC)OC(N)CC. The maximum atomic E-state index is 5.93. The quantitative estimate of drug-likeness (QED) is 0.201. The van der Waals surface area contributed by atoms with E-state index in [1.54, 1.807) is 0 Å². The molecule has 0 aliphatic heterocycles. The van der Waals surface area contributed by atoms with Crippen molar-refractivity contribution in [2.75, 3.05) is 6.61 Å². The smallest absolute Gasteiger partial charge is 0.167 e. The minimum Gasteiger partial charge on any atom is -0.350 e. The van der Waals surface area contributed by atoms with E-state index in [0.717, 1.165) is 19.3 Å². The van der Waals surface area contributed by atoms with Crippen molar-refractivity contribution in [1.82, 2.24) is 0 Å². The minimum atomic E-state index is -0.512. The Bertz CT molecular complexity index is 273. The van der Waals surface area contributed by atoms with Crippen LogP contribution in [0.3, 0.4) is 0 Å². The Kier molecular flexibility index (Phi) is 17.2. The number of hydrogen-bond acceptors (Lipinski definition) is 3. The van der Waals surface area contributed by atoms with E-state index < -0.39 is 5.79 Å². The molecule has 0 saturated carbocycles. The highest BCUT2D eigenvalue weighted by atomic mass is 16.7. The lowest BCUT2D eigenvalue weighted by Gasteiger charge is -2.32. The largest absolute Gasteiger partial charge is 0.350 e. The molecule has 0 bridgehead atoms. The summed E-state index contributed by atoms with van der Waals surface area (Å²) in [6, 6.07) is 0. The third kappa shape index (κ3) is 15.8. The van der Waals surface area contributed by atoms with E-state index >= 15 is 0 Å². The number of rotatable bonds is 19. The predicted molar refractivity (Wildman–Crippen MR) is 110 cm³/mol. The molecule has 0 fully saturated rings. The fraction of sp³-hybridized carbons (Fsp3) is 1.00. The number of unbranched alkanes of at least 4 members (excludes halogenated alkanes) is 12. The van der Waals surface area contributed by atoms with Gasteiger partial charge in [0.1, 0.15) is 6.23 Å². The summed E-state index contributed by atoms with van der Waals surface area (Å²) in [5.41, 5.74) is 5.93. The van der Waals surface area contributed by atoms with Gasteiger partial charge in [-0.3, -0.25) is 0 Å². The zero-order valence-corrected chi connectivity index (χ0v) is 17.8. The monoisotopic (exact) mass is 357 g/mol. The van der Waals surface area contributed by atoms with E-state index in [1.165, 1.54) is 77.0 Å². The van der Waals surface area contributed by atoms with Crippen molar-refractivity contribution in [2.45, 2.75) is 136 Å². The van der Waals surface area contributed by atoms with Crippen LogP contribution in [0.15, 0.2) is 0 Å². The molecule has 0 aromatic carbocycles. The molecule has 0 amide bonds. The summed E-state index contributed by atoms with van der Waals surface area (Å²) in [6.45, 7) is 9.05. The minimum absolute atomic E-state index is 0.224. The van der Waals surface area contributed by atoms with Crippen LogP contribution < -0.4 is 5.73 Å². The number of nitrogens with two attached hydrogens (primary N) is 1. The normalized spacial score (nSPS) is 15.2. The van der Waals surface area contributed by atoms with Crippen LogP contribution in [0.25, 0.3) is 0 Å². The molecule has 3 nitrogen and oxygen atoms in total. The zero-order chi connectivity index (χ0) is 18.8. The lowest BCUT2D eigenvalue weighted by molar-refractivity contribution is -0.249. The molecular formula is C22H47NO2. The standard InChI is InChI=1S/C22H47NO2/c1-5-8-9-10-11-12-13-14-15-16-17-18-19-20-22(4,24-7-3)25-21(23)6-2/h21H,5-20,23H2,1-4H3. The molecule has 0 saturated heterocycles. The van der Waals surface area contributed by atoms with Crippen molar-refractivity contribution in [1.29, 1.82) is 0 Å². The summed E-state index contributed by atoms with van der Waals surface area (Å²) >= 11 is 0. The molecule has 0 radical (unpaired) electrons. The van der Waals surface area contributed by atoms with Gasteiger partial charge in [0.15, 0.2) is 5.79 Å². The molecule has 25 heavy (non-hydrogen) atoms. The molecule has 0 aromatic heterocycles. The summed E-state index contributed by atoms with van der Waals surface area (Å²) in [5, 5.41) is 0. The number of ether oxygens (including phenoxy) is 2. The van der Waals surface area contributed by atoms with Gasteiger partial charge in [-0.2, -0.15) is 0 Å². The van der Waals surface area contributed by atoms with Crippen LogP contribution in [0, 0.1) is 0 Å². The topological polar surface area (TPSA) is 44.5 Å². The lowest BCUT2D eigenvalue weighted by atomic mass is 10.0. The van der Waals surface area contributed by atoms with E-state index in [0.29, 0.717) is 6.61 Å². The van der Waals surface area contributed by atoms with Crippen molar-refractivity contribution in [3.8, 4) is 0 Å². The lowest BCUT2D eigenvalue weighted by Crippen LogP contribution is -2.40. The maximum Gasteiger partial charge on any atom is 0.167 e. The first-order valence-electron chi connectivity index (χ1n) is 11.1. The van der Waals surface area contributed by atoms with Gasteiger partial charge in [-0.05, 0) is 26.7 Å². The van der Waals surface area contributed by atoms with Gasteiger partial charge >= 0.3 is 0 Å². The summed E-state index contributed by atoms with van der Waals surface area (Å²) in [6.07, 6.45) is 19.4. The third-order valence-electron chi connectivity index (χ3n) is 4.99. The first kappa shape index (κ1) is 24.9. The molecular weight excluding hydrogens is 310 g/mol. The summed E-state index contributed by atoms with van der Waals surface area (Å²) in [7, 11) is 0. The first-order chi connectivity index (χ1) is 12.1. The first-order valence-corrected chi connectivity index (χ1v) is 11.1. The van der Waals surface area contributed by atoms with Crippen LogP contribution in [0.1, 0.15) is 124 Å². The van der Waals surface area contributed by atoms with Crippen LogP contribution in [0.5, 0.6) is 0 Å². The Morgan fingerprint density at radius 1 is 0.720 bits per heavy atom.